The molecule has 1 atom stereocenters. The zero-order chi connectivity index (χ0) is 14.3. The first-order valence-electron chi connectivity index (χ1n) is 6.76. The van der Waals surface area contributed by atoms with Gasteiger partial charge in [-0.2, -0.15) is 0 Å². The van der Waals surface area contributed by atoms with Gasteiger partial charge in [-0.1, -0.05) is 19.9 Å². The average Bonchev–Trinajstić information content (AvgIpc) is 2.36. The quantitative estimate of drug-likeness (QED) is 0.728. The molecule has 19 heavy (non-hydrogen) atoms. The topological polar surface area (TPSA) is 21.3 Å². The maximum absolute atomic E-state index is 13.1. The second kappa shape index (κ2) is 8.23. The fourth-order valence-corrected chi connectivity index (χ4v) is 1.71. The normalized spacial score (nSPS) is 12.9. The molecule has 0 fully saturated rings. The van der Waals surface area contributed by atoms with Gasteiger partial charge in [0.25, 0.3) is 0 Å². The van der Waals surface area contributed by atoms with Crippen molar-refractivity contribution < 1.29 is 13.5 Å². The van der Waals surface area contributed by atoms with Gasteiger partial charge in [-0.25, -0.2) is 8.78 Å². The number of nitrogens with one attached hydrogen (secondary N) is 1. The molecule has 0 aliphatic carbocycles. The molecule has 0 saturated heterocycles. The van der Waals surface area contributed by atoms with E-state index in [0.29, 0.717) is 5.92 Å². The minimum absolute atomic E-state index is 0.000184. The van der Waals surface area contributed by atoms with Crippen LogP contribution in [-0.2, 0) is 4.74 Å². The molecule has 108 valence electrons. The van der Waals surface area contributed by atoms with Gasteiger partial charge in [-0.05, 0) is 43.5 Å². The highest BCUT2D eigenvalue weighted by molar-refractivity contribution is 5.20. The molecule has 1 aromatic carbocycles. The first-order chi connectivity index (χ1) is 9.00. The third-order valence-corrected chi connectivity index (χ3v) is 2.81. The van der Waals surface area contributed by atoms with Crippen LogP contribution in [0.2, 0.25) is 0 Å². The van der Waals surface area contributed by atoms with Crippen LogP contribution in [0.4, 0.5) is 8.78 Å². The van der Waals surface area contributed by atoms with Crippen molar-refractivity contribution in [3.63, 3.8) is 0 Å². The van der Waals surface area contributed by atoms with Gasteiger partial charge in [0, 0.05) is 19.3 Å². The molecule has 1 rings (SSSR count). The largest absolute Gasteiger partial charge is 0.381 e. The molecule has 0 bridgehead atoms. The lowest BCUT2D eigenvalue weighted by atomic mass is 10.1. The minimum atomic E-state index is -0.807. The van der Waals surface area contributed by atoms with Crippen molar-refractivity contribution in [2.75, 3.05) is 19.8 Å². The van der Waals surface area contributed by atoms with Crippen LogP contribution >= 0.6 is 0 Å². The molecular formula is C15H23F2NO. The zero-order valence-corrected chi connectivity index (χ0v) is 11.9. The lowest BCUT2D eigenvalue weighted by Crippen LogP contribution is -2.21. The van der Waals surface area contributed by atoms with E-state index in [9.17, 15) is 8.78 Å². The third-order valence-electron chi connectivity index (χ3n) is 2.81. The van der Waals surface area contributed by atoms with E-state index in [1.807, 2.05) is 6.92 Å². The maximum Gasteiger partial charge on any atom is 0.159 e. The van der Waals surface area contributed by atoms with Crippen LogP contribution in [0.15, 0.2) is 18.2 Å². The SMILES string of the molecule is CC(C)COCCCNC(C)c1ccc(F)c(F)c1. The lowest BCUT2D eigenvalue weighted by Gasteiger charge is -2.14. The van der Waals surface area contributed by atoms with Crippen molar-refractivity contribution in [2.24, 2.45) is 5.92 Å². The van der Waals surface area contributed by atoms with Crippen LogP contribution in [-0.4, -0.2) is 19.8 Å². The van der Waals surface area contributed by atoms with E-state index in [0.717, 1.165) is 37.8 Å². The second-order valence-electron chi connectivity index (χ2n) is 5.17. The number of benzene rings is 1. The van der Waals surface area contributed by atoms with Gasteiger partial charge in [0.05, 0.1) is 0 Å². The van der Waals surface area contributed by atoms with Gasteiger partial charge in [0.15, 0.2) is 11.6 Å². The van der Waals surface area contributed by atoms with Crippen molar-refractivity contribution >= 4 is 0 Å². The smallest absolute Gasteiger partial charge is 0.159 e. The lowest BCUT2D eigenvalue weighted by molar-refractivity contribution is 0.107. The monoisotopic (exact) mass is 271 g/mol. The van der Waals surface area contributed by atoms with Gasteiger partial charge in [0.1, 0.15) is 0 Å². The molecule has 0 saturated carbocycles. The first-order valence-corrected chi connectivity index (χ1v) is 6.76. The molecule has 0 spiro atoms. The summed E-state index contributed by atoms with van der Waals surface area (Å²) in [7, 11) is 0. The van der Waals surface area contributed by atoms with Crippen molar-refractivity contribution in [1.29, 1.82) is 0 Å². The van der Waals surface area contributed by atoms with E-state index in [2.05, 4.69) is 19.2 Å². The van der Waals surface area contributed by atoms with E-state index in [-0.39, 0.29) is 6.04 Å². The number of hydrogen-bond acceptors (Lipinski definition) is 2. The molecule has 1 unspecified atom stereocenters. The van der Waals surface area contributed by atoms with Gasteiger partial charge >= 0.3 is 0 Å². The van der Waals surface area contributed by atoms with Gasteiger partial charge in [-0.15, -0.1) is 0 Å². The molecule has 0 aliphatic heterocycles. The standard InChI is InChI=1S/C15H23F2NO/c1-11(2)10-19-8-4-7-18-12(3)13-5-6-14(16)15(17)9-13/h5-6,9,11-12,18H,4,7-8,10H2,1-3H3. The predicted octanol–water partition coefficient (Wildman–Crippen LogP) is 3.68. The van der Waals surface area contributed by atoms with Crippen LogP contribution in [0.5, 0.6) is 0 Å². The molecular weight excluding hydrogens is 248 g/mol. The van der Waals surface area contributed by atoms with Gasteiger partial charge in [0.2, 0.25) is 0 Å². The van der Waals surface area contributed by atoms with Crippen LogP contribution in [0.1, 0.15) is 38.8 Å². The van der Waals surface area contributed by atoms with Crippen molar-refractivity contribution in [3.8, 4) is 0 Å². The highest BCUT2D eigenvalue weighted by atomic mass is 19.2. The van der Waals surface area contributed by atoms with E-state index in [1.54, 1.807) is 6.07 Å². The molecule has 0 heterocycles. The second-order valence-corrected chi connectivity index (χ2v) is 5.17. The molecule has 1 aromatic rings. The Morgan fingerprint density at radius 1 is 1.16 bits per heavy atom. The molecule has 1 N–H and O–H groups in total. The van der Waals surface area contributed by atoms with E-state index in [1.165, 1.54) is 6.07 Å². The van der Waals surface area contributed by atoms with E-state index in [4.69, 9.17) is 4.74 Å². The zero-order valence-electron chi connectivity index (χ0n) is 11.9. The van der Waals surface area contributed by atoms with Crippen LogP contribution in [0.25, 0.3) is 0 Å². The summed E-state index contributed by atoms with van der Waals surface area (Å²) < 4.78 is 31.4. The first kappa shape index (κ1) is 16.1. The maximum atomic E-state index is 13.1. The van der Waals surface area contributed by atoms with E-state index < -0.39 is 11.6 Å². The Bertz CT molecular complexity index is 382. The van der Waals surface area contributed by atoms with Crippen LogP contribution < -0.4 is 5.32 Å². The number of hydrogen-bond donors (Lipinski definition) is 1. The van der Waals surface area contributed by atoms with Gasteiger partial charge < -0.3 is 10.1 Å². The summed E-state index contributed by atoms with van der Waals surface area (Å²) in [6.45, 7) is 8.45. The fraction of sp³-hybridized carbons (Fsp3) is 0.600. The number of halogens is 2. The van der Waals surface area contributed by atoms with Crippen molar-refractivity contribution in [1.82, 2.24) is 5.32 Å². The Morgan fingerprint density at radius 3 is 2.53 bits per heavy atom. The summed E-state index contributed by atoms with van der Waals surface area (Å²) in [5.74, 6) is -1.06. The minimum Gasteiger partial charge on any atom is -0.381 e. The summed E-state index contributed by atoms with van der Waals surface area (Å²) in [5.41, 5.74) is 0.752. The van der Waals surface area contributed by atoms with Crippen LogP contribution in [0.3, 0.4) is 0 Å². The summed E-state index contributed by atoms with van der Waals surface area (Å²) >= 11 is 0. The Hall–Kier alpha value is -1.00. The average molecular weight is 271 g/mol. The Labute approximate surface area is 114 Å². The van der Waals surface area contributed by atoms with E-state index >= 15 is 0 Å². The number of ether oxygens (including phenoxy) is 1. The summed E-state index contributed by atoms with van der Waals surface area (Å²) in [5, 5.41) is 3.26. The molecule has 0 aromatic heterocycles. The van der Waals surface area contributed by atoms with Gasteiger partial charge in [-0.3, -0.25) is 0 Å². The molecule has 2 nitrogen and oxygen atoms in total. The summed E-state index contributed by atoms with van der Waals surface area (Å²) in [6.07, 6.45) is 0.904. The third kappa shape index (κ3) is 6.12. The fourth-order valence-electron chi connectivity index (χ4n) is 1.71. The summed E-state index contributed by atoms with van der Waals surface area (Å²) in [4.78, 5) is 0. The number of rotatable bonds is 8. The highest BCUT2D eigenvalue weighted by Gasteiger charge is 2.08. The summed E-state index contributed by atoms with van der Waals surface area (Å²) in [6, 6.07) is 4.00. The van der Waals surface area contributed by atoms with Crippen molar-refractivity contribution in [3.05, 3.63) is 35.4 Å². The Morgan fingerprint density at radius 2 is 1.89 bits per heavy atom. The predicted molar refractivity (Wildman–Crippen MR) is 73.0 cm³/mol. The van der Waals surface area contributed by atoms with Crippen molar-refractivity contribution in [2.45, 2.75) is 33.2 Å². The molecule has 4 heteroatoms. The van der Waals surface area contributed by atoms with Crippen LogP contribution in [0, 0.1) is 17.6 Å². The molecule has 0 radical (unpaired) electrons. The molecule has 0 amide bonds. The Balaban J connectivity index is 2.23. The molecule has 0 aliphatic rings. The highest BCUT2D eigenvalue weighted by Crippen LogP contribution is 2.15. The Kier molecular flexibility index (Phi) is 6.95.